The van der Waals surface area contributed by atoms with Gasteiger partial charge in [0.05, 0.1) is 0 Å². The van der Waals surface area contributed by atoms with Crippen molar-refractivity contribution in [2.75, 3.05) is 13.1 Å². The lowest BCUT2D eigenvalue weighted by Crippen LogP contribution is -2.48. The third kappa shape index (κ3) is 4.32. The third-order valence-electron chi connectivity index (χ3n) is 5.09. The van der Waals surface area contributed by atoms with Gasteiger partial charge in [0.1, 0.15) is 11.6 Å². The predicted octanol–water partition coefficient (Wildman–Crippen LogP) is 3.89. The summed E-state index contributed by atoms with van der Waals surface area (Å²) in [4.78, 5) is 26.6. The third-order valence-corrected chi connectivity index (χ3v) is 5.35. The second kappa shape index (κ2) is 7.10. The molecule has 1 heterocycles. The van der Waals surface area contributed by atoms with Crippen molar-refractivity contribution >= 4 is 23.6 Å². The molecule has 1 aliphatic carbocycles. The van der Waals surface area contributed by atoms with Crippen molar-refractivity contribution in [3.05, 3.63) is 34.9 Å². The standard InChI is InChI=1S/C20H27ClN2O3/c1-19(2,3)26-18(25)23-12-4-5-16(23)17(24)22-13-20(10-11-20)14-6-8-15(21)9-7-14/h6-9,16H,4-5,10-13H2,1-3H3,(H,22,24)/t16-/m0/s1. The van der Waals surface area contributed by atoms with Gasteiger partial charge < -0.3 is 10.1 Å². The second-order valence-electron chi connectivity index (χ2n) is 8.34. The van der Waals surface area contributed by atoms with E-state index < -0.39 is 17.7 Å². The molecule has 1 aromatic carbocycles. The molecule has 5 nitrogen and oxygen atoms in total. The van der Waals surface area contributed by atoms with E-state index in [4.69, 9.17) is 16.3 Å². The fourth-order valence-electron chi connectivity index (χ4n) is 3.47. The van der Waals surface area contributed by atoms with Crippen LogP contribution in [0.15, 0.2) is 24.3 Å². The Labute approximate surface area is 160 Å². The molecule has 0 bridgehead atoms. The number of hydrogen-bond donors (Lipinski definition) is 1. The van der Waals surface area contributed by atoms with E-state index in [-0.39, 0.29) is 11.3 Å². The molecule has 0 radical (unpaired) electrons. The lowest BCUT2D eigenvalue weighted by atomic mass is 9.96. The van der Waals surface area contributed by atoms with Crippen LogP contribution < -0.4 is 5.32 Å². The molecule has 0 spiro atoms. The van der Waals surface area contributed by atoms with Crippen LogP contribution in [0.5, 0.6) is 0 Å². The van der Waals surface area contributed by atoms with Crippen LogP contribution in [-0.4, -0.2) is 41.6 Å². The molecular weight excluding hydrogens is 352 g/mol. The number of rotatable bonds is 4. The van der Waals surface area contributed by atoms with E-state index in [9.17, 15) is 9.59 Å². The quantitative estimate of drug-likeness (QED) is 0.864. The van der Waals surface area contributed by atoms with E-state index in [0.29, 0.717) is 24.5 Å². The zero-order valence-corrected chi connectivity index (χ0v) is 16.4. The van der Waals surface area contributed by atoms with Crippen molar-refractivity contribution < 1.29 is 14.3 Å². The number of carbonyl (C=O) groups excluding carboxylic acids is 2. The van der Waals surface area contributed by atoms with Crippen LogP contribution in [0, 0.1) is 0 Å². The van der Waals surface area contributed by atoms with Crippen LogP contribution in [-0.2, 0) is 14.9 Å². The van der Waals surface area contributed by atoms with E-state index in [2.05, 4.69) is 5.32 Å². The van der Waals surface area contributed by atoms with Gasteiger partial charge in [-0.3, -0.25) is 9.69 Å². The molecular formula is C20H27ClN2O3. The Morgan fingerprint density at radius 1 is 1.27 bits per heavy atom. The van der Waals surface area contributed by atoms with Crippen LogP contribution in [0.1, 0.15) is 52.0 Å². The van der Waals surface area contributed by atoms with E-state index in [1.165, 1.54) is 5.56 Å². The summed E-state index contributed by atoms with van der Waals surface area (Å²) in [7, 11) is 0. The lowest BCUT2D eigenvalue weighted by Gasteiger charge is -2.28. The molecule has 26 heavy (non-hydrogen) atoms. The average molecular weight is 379 g/mol. The molecule has 1 atom stereocenters. The number of ether oxygens (including phenoxy) is 1. The average Bonchev–Trinajstić information content (AvgIpc) is 3.18. The van der Waals surface area contributed by atoms with Gasteiger partial charge in [0.25, 0.3) is 0 Å². The molecule has 1 saturated heterocycles. The van der Waals surface area contributed by atoms with Crippen molar-refractivity contribution in [2.24, 2.45) is 0 Å². The molecule has 0 unspecified atom stereocenters. The van der Waals surface area contributed by atoms with E-state index in [1.54, 1.807) is 4.90 Å². The molecule has 1 aromatic rings. The Bertz CT molecular complexity index is 677. The summed E-state index contributed by atoms with van der Waals surface area (Å²) in [5.41, 5.74) is 0.654. The highest BCUT2D eigenvalue weighted by Gasteiger charge is 2.45. The van der Waals surface area contributed by atoms with Crippen LogP contribution >= 0.6 is 11.6 Å². The number of carbonyl (C=O) groups is 2. The van der Waals surface area contributed by atoms with Gasteiger partial charge >= 0.3 is 6.09 Å². The van der Waals surface area contributed by atoms with Gasteiger partial charge in [0.15, 0.2) is 0 Å². The van der Waals surface area contributed by atoms with E-state index in [0.717, 1.165) is 19.3 Å². The van der Waals surface area contributed by atoms with Gasteiger partial charge in [-0.2, -0.15) is 0 Å². The van der Waals surface area contributed by atoms with Crippen LogP contribution in [0.3, 0.4) is 0 Å². The van der Waals surface area contributed by atoms with Crippen molar-refractivity contribution in [1.29, 1.82) is 0 Å². The summed E-state index contributed by atoms with van der Waals surface area (Å²) in [6, 6.07) is 7.40. The Morgan fingerprint density at radius 3 is 2.50 bits per heavy atom. The first-order valence-corrected chi connectivity index (χ1v) is 9.61. The van der Waals surface area contributed by atoms with Gasteiger partial charge in [-0.05, 0) is 64.2 Å². The molecule has 1 saturated carbocycles. The molecule has 2 amide bonds. The van der Waals surface area contributed by atoms with Crippen molar-refractivity contribution in [3.63, 3.8) is 0 Å². The SMILES string of the molecule is CC(C)(C)OC(=O)N1CCC[C@H]1C(=O)NCC1(c2ccc(Cl)cc2)CC1. The first kappa shape index (κ1) is 19.0. The Morgan fingerprint density at radius 2 is 1.92 bits per heavy atom. The minimum absolute atomic E-state index is 0.00953. The fraction of sp³-hybridized carbons (Fsp3) is 0.600. The van der Waals surface area contributed by atoms with Gasteiger partial charge in [-0.25, -0.2) is 4.79 Å². The summed E-state index contributed by atoms with van der Waals surface area (Å²) < 4.78 is 5.43. The molecule has 1 N–H and O–H groups in total. The summed E-state index contributed by atoms with van der Waals surface area (Å²) >= 11 is 5.97. The number of amides is 2. The Balaban J connectivity index is 1.59. The van der Waals surface area contributed by atoms with Crippen LogP contribution in [0.25, 0.3) is 0 Å². The molecule has 142 valence electrons. The van der Waals surface area contributed by atoms with Crippen LogP contribution in [0.4, 0.5) is 4.79 Å². The van der Waals surface area contributed by atoms with Gasteiger partial charge in [-0.1, -0.05) is 23.7 Å². The van der Waals surface area contributed by atoms with Crippen molar-refractivity contribution in [1.82, 2.24) is 10.2 Å². The van der Waals surface area contributed by atoms with Crippen molar-refractivity contribution in [3.8, 4) is 0 Å². The van der Waals surface area contributed by atoms with E-state index in [1.807, 2.05) is 45.0 Å². The molecule has 2 fully saturated rings. The Kier molecular flexibility index (Phi) is 5.20. The number of benzene rings is 1. The molecule has 2 aliphatic rings. The van der Waals surface area contributed by atoms with E-state index >= 15 is 0 Å². The smallest absolute Gasteiger partial charge is 0.410 e. The number of nitrogens with zero attached hydrogens (tertiary/aromatic N) is 1. The van der Waals surface area contributed by atoms with Gasteiger partial charge in [-0.15, -0.1) is 0 Å². The number of likely N-dealkylation sites (tertiary alicyclic amines) is 1. The predicted molar refractivity (Wildman–Crippen MR) is 101 cm³/mol. The lowest BCUT2D eigenvalue weighted by molar-refractivity contribution is -0.125. The van der Waals surface area contributed by atoms with Gasteiger partial charge in [0, 0.05) is 23.5 Å². The Hall–Kier alpha value is -1.75. The zero-order valence-electron chi connectivity index (χ0n) is 15.7. The minimum atomic E-state index is -0.562. The van der Waals surface area contributed by atoms with Crippen LogP contribution in [0.2, 0.25) is 5.02 Å². The fourth-order valence-corrected chi connectivity index (χ4v) is 3.60. The van der Waals surface area contributed by atoms with Crippen molar-refractivity contribution in [2.45, 2.75) is 63.5 Å². The normalized spacial score (nSPS) is 21.4. The number of nitrogens with one attached hydrogen (secondary N) is 1. The first-order valence-electron chi connectivity index (χ1n) is 9.24. The number of hydrogen-bond acceptors (Lipinski definition) is 3. The van der Waals surface area contributed by atoms with Gasteiger partial charge in [0.2, 0.25) is 5.91 Å². The highest BCUT2D eigenvalue weighted by molar-refractivity contribution is 6.30. The molecule has 0 aromatic heterocycles. The first-order chi connectivity index (χ1) is 12.2. The monoisotopic (exact) mass is 378 g/mol. The summed E-state index contributed by atoms with van der Waals surface area (Å²) in [5, 5.41) is 3.78. The highest BCUT2D eigenvalue weighted by atomic mass is 35.5. The number of halogens is 1. The minimum Gasteiger partial charge on any atom is -0.444 e. The highest BCUT2D eigenvalue weighted by Crippen LogP contribution is 2.47. The summed E-state index contributed by atoms with van der Waals surface area (Å²) in [6.45, 7) is 6.65. The largest absolute Gasteiger partial charge is 0.444 e. The summed E-state index contributed by atoms with van der Waals surface area (Å²) in [5.74, 6) is -0.0893. The maximum atomic E-state index is 12.7. The molecule has 3 rings (SSSR count). The molecule has 1 aliphatic heterocycles. The second-order valence-corrected chi connectivity index (χ2v) is 8.77. The zero-order chi connectivity index (χ0) is 18.9. The maximum Gasteiger partial charge on any atom is 0.410 e. The maximum absolute atomic E-state index is 12.7. The summed E-state index contributed by atoms with van der Waals surface area (Å²) in [6.07, 6.45) is 3.19. The topological polar surface area (TPSA) is 58.6 Å². The molecule has 6 heteroatoms.